The van der Waals surface area contributed by atoms with Crippen molar-refractivity contribution in [1.82, 2.24) is 9.55 Å². The van der Waals surface area contributed by atoms with Crippen LogP contribution in [0.4, 0.5) is 5.69 Å². The van der Waals surface area contributed by atoms with Gasteiger partial charge in [0.25, 0.3) is 10.0 Å². The lowest BCUT2D eigenvalue weighted by Crippen LogP contribution is -2.14. The number of nitrogens with one attached hydrogen (secondary N) is 1. The molecule has 0 bridgehead atoms. The first-order valence-electron chi connectivity index (χ1n) is 6.73. The summed E-state index contributed by atoms with van der Waals surface area (Å²) >= 11 is 0. The number of benzene rings is 1. The Morgan fingerprint density at radius 1 is 1.33 bits per heavy atom. The lowest BCUT2D eigenvalue weighted by molar-refractivity contribution is 0.598. The van der Waals surface area contributed by atoms with Gasteiger partial charge in [0.05, 0.1) is 5.69 Å². The highest BCUT2D eigenvalue weighted by atomic mass is 32.2. The van der Waals surface area contributed by atoms with E-state index in [-0.39, 0.29) is 5.03 Å². The number of hydrogen-bond acceptors (Lipinski definition) is 4. The molecule has 2 aromatic rings. The summed E-state index contributed by atoms with van der Waals surface area (Å²) in [4.78, 5) is 4.11. The van der Waals surface area contributed by atoms with Crippen LogP contribution in [-0.2, 0) is 23.1 Å². The fraction of sp³-hybridized carbons (Fsp3) is 0.357. The highest BCUT2D eigenvalue weighted by molar-refractivity contribution is 7.92. The quantitative estimate of drug-likeness (QED) is 0.881. The number of nitrogens with two attached hydrogens (primary N) is 1. The van der Waals surface area contributed by atoms with Gasteiger partial charge in [-0.15, -0.1) is 0 Å². The second kappa shape index (κ2) is 5.87. The van der Waals surface area contributed by atoms with E-state index >= 15 is 0 Å². The summed E-state index contributed by atoms with van der Waals surface area (Å²) in [5.41, 5.74) is 7.83. The van der Waals surface area contributed by atoms with Crippen LogP contribution in [0.2, 0.25) is 0 Å². The Bertz CT molecular complexity index is 750. The largest absolute Gasteiger partial charge is 0.334 e. The third-order valence-corrected chi connectivity index (χ3v) is 4.59. The molecule has 0 radical (unpaired) electrons. The molecule has 0 spiro atoms. The SMILES string of the molecule is CCn1cc(S(=O)(=O)Nc2cc(CN)ccc2C)nc1C. The molecular weight excluding hydrogens is 288 g/mol. The van der Waals surface area contributed by atoms with E-state index in [2.05, 4.69) is 9.71 Å². The minimum atomic E-state index is -3.70. The topological polar surface area (TPSA) is 90.0 Å². The minimum Gasteiger partial charge on any atom is -0.334 e. The van der Waals surface area contributed by atoms with E-state index in [1.54, 1.807) is 23.8 Å². The maximum atomic E-state index is 12.4. The average molecular weight is 308 g/mol. The molecule has 0 amide bonds. The first kappa shape index (κ1) is 15.5. The lowest BCUT2D eigenvalue weighted by atomic mass is 10.1. The minimum absolute atomic E-state index is 0.0272. The number of nitrogens with zero attached hydrogens (tertiary/aromatic N) is 2. The molecule has 0 aliphatic rings. The van der Waals surface area contributed by atoms with Crippen molar-refractivity contribution in [2.24, 2.45) is 5.73 Å². The van der Waals surface area contributed by atoms with Crippen molar-refractivity contribution in [3.8, 4) is 0 Å². The van der Waals surface area contributed by atoms with Gasteiger partial charge in [-0.1, -0.05) is 12.1 Å². The number of hydrogen-bond donors (Lipinski definition) is 2. The summed E-state index contributed by atoms with van der Waals surface area (Å²) in [5, 5.41) is 0.0272. The number of aromatic nitrogens is 2. The van der Waals surface area contributed by atoms with Gasteiger partial charge in [-0.25, -0.2) is 4.98 Å². The maximum absolute atomic E-state index is 12.4. The molecule has 2 rings (SSSR count). The lowest BCUT2D eigenvalue weighted by Gasteiger charge is -2.10. The molecule has 1 aromatic carbocycles. The Balaban J connectivity index is 2.37. The van der Waals surface area contributed by atoms with Crippen LogP contribution in [0, 0.1) is 13.8 Å². The zero-order valence-corrected chi connectivity index (χ0v) is 13.2. The summed E-state index contributed by atoms with van der Waals surface area (Å²) in [6, 6.07) is 5.47. The Morgan fingerprint density at radius 3 is 2.62 bits per heavy atom. The van der Waals surface area contributed by atoms with Crippen molar-refractivity contribution in [3.63, 3.8) is 0 Å². The van der Waals surface area contributed by atoms with Crippen molar-refractivity contribution in [3.05, 3.63) is 41.3 Å². The zero-order valence-electron chi connectivity index (χ0n) is 12.4. The van der Waals surface area contributed by atoms with Crippen LogP contribution in [0.1, 0.15) is 23.9 Å². The van der Waals surface area contributed by atoms with Gasteiger partial charge in [0.1, 0.15) is 5.82 Å². The fourth-order valence-corrected chi connectivity index (χ4v) is 3.16. The molecule has 0 unspecified atom stereocenters. The summed E-state index contributed by atoms with van der Waals surface area (Å²) in [6.07, 6.45) is 1.54. The molecule has 0 saturated heterocycles. The standard InChI is InChI=1S/C14H20N4O2S/c1-4-18-9-14(16-11(18)3)21(19,20)17-13-7-12(8-15)6-5-10(13)2/h5-7,9,17H,4,8,15H2,1-3H3. The van der Waals surface area contributed by atoms with Gasteiger partial charge in [-0.3, -0.25) is 4.72 Å². The van der Waals surface area contributed by atoms with E-state index in [1.807, 2.05) is 26.0 Å². The molecule has 0 fully saturated rings. The molecule has 3 N–H and O–H groups in total. The predicted octanol–water partition coefficient (Wildman–Crippen LogP) is 1.78. The van der Waals surface area contributed by atoms with Crippen LogP contribution >= 0.6 is 0 Å². The summed E-state index contributed by atoms with van der Waals surface area (Å²) in [5.74, 6) is 0.672. The summed E-state index contributed by atoms with van der Waals surface area (Å²) in [7, 11) is -3.70. The van der Waals surface area contributed by atoms with Crippen LogP contribution in [-0.4, -0.2) is 18.0 Å². The van der Waals surface area contributed by atoms with Crippen molar-refractivity contribution < 1.29 is 8.42 Å². The molecular formula is C14H20N4O2S. The van der Waals surface area contributed by atoms with Crippen molar-refractivity contribution in [2.45, 2.75) is 38.9 Å². The number of rotatable bonds is 5. The maximum Gasteiger partial charge on any atom is 0.280 e. The van der Waals surface area contributed by atoms with Crippen LogP contribution in [0.5, 0.6) is 0 Å². The number of sulfonamides is 1. The fourth-order valence-electron chi connectivity index (χ4n) is 2.03. The van der Waals surface area contributed by atoms with Gasteiger partial charge in [-0.2, -0.15) is 8.42 Å². The first-order valence-corrected chi connectivity index (χ1v) is 8.22. The Kier molecular flexibility index (Phi) is 4.34. The van der Waals surface area contributed by atoms with Gasteiger partial charge < -0.3 is 10.3 Å². The van der Waals surface area contributed by atoms with Crippen LogP contribution in [0.3, 0.4) is 0 Å². The van der Waals surface area contributed by atoms with E-state index in [4.69, 9.17) is 5.73 Å². The van der Waals surface area contributed by atoms with Gasteiger partial charge >= 0.3 is 0 Å². The van der Waals surface area contributed by atoms with Crippen LogP contribution in [0.25, 0.3) is 0 Å². The van der Waals surface area contributed by atoms with Crippen molar-refractivity contribution in [1.29, 1.82) is 0 Å². The normalized spacial score (nSPS) is 11.6. The smallest absolute Gasteiger partial charge is 0.280 e. The van der Waals surface area contributed by atoms with Gasteiger partial charge in [-0.05, 0) is 38.0 Å². The van der Waals surface area contributed by atoms with Crippen molar-refractivity contribution >= 4 is 15.7 Å². The Morgan fingerprint density at radius 2 is 2.05 bits per heavy atom. The molecule has 0 saturated carbocycles. The molecule has 0 aliphatic carbocycles. The van der Waals surface area contributed by atoms with E-state index in [9.17, 15) is 8.42 Å². The van der Waals surface area contributed by atoms with E-state index in [1.165, 1.54) is 0 Å². The van der Waals surface area contributed by atoms with Crippen molar-refractivity contribution in [2.75, 3.05) is 4.72 Å². The highest BCUT2D eigenvalue weighted by Gasteiger charge is 2.20. The second-order valence-corrected chi connectivity index (χ2v) is 6.50. The molecule has 0 aliphatic heterocycles. The van der Waals surface area contributed by atoms with Crippen LogP contribution in [0.15, 0.2) is 29.4 Å². The summed E-state index contributed by atoms with van der Waals surface area (Å²) < 4.78 is 29.2. The second-order valence-electron chi connectivity index (χ2n) is 4.87. The molecule has 0 atom stereocenters. The average Bonchev–Trinajstić information content (AvgIpc) is 2.83. The molecule has 7 heteroatoms. The van der Waals surface area contributed by atoms with Gasteiger partial charge in [0, 0.05) is 19.3 Å². The number of anilines is 1. The first-order chi connectivity index (χ1) is 9.87. The molecule has 21 heavy (non-hydrogen) atoms. The van der Waals surface area contributed by atoms with Gasteiger partial charge in [0.15, 0.2) is 5.03 Å². The molecule has 114 valence electrons. The van der Waals surface area contributed by atoms with E-state index < -0.39 is 10.0 Å². The number of aryl methyl sites for hydroxylation is 3. The molecule has 6 nitrogen and oxygen atoms in total. The highest BCUT2D eigenvalue weighted by Crippen LogP contribution is 2.21. The monoisotopic (exact) mass is 308 g/mol. The third-order valence-electron chi connectivity index (χ3n) is 3.35. The van der Waals surface area contributed by atoms with Gasteiger partial charge in [0.2, 0.25) is 0 Å². The van der Waals surface area contributed by atoms with E-state index in [0.717, 1.165) is 11.1 Å². The zero-order chi connectivity index (χ0) is 15.6. The summed E-state index contributed by atoms with van der Waals surface area (Å²) in [6.45, 7) is 6.60. The predicted molar refractivity (Wildman–Crippen MR) is 82.5 cm³/mol. The Labute approximate surface area is 125 Å². The van der Waals surface area contributed by atoms with E-state index in [0.29, 0.717) is 24.6 Å². The molecule has 1 aromatic heterocycles. The third kappa shape index (κ3) is 3.25. The Hall–Kier alpha value is -1.86. The number of imidazole rings is 1. The van der Waals surface area contributed by atoms with Crippen LogP contribution < -0.4 is 10.5 Å². The molecule has 1 heterocycles.